The number of benzene rings is 2. The molecule has 2 N–H and O–H groups in total. The Bertz CT molecular complexity index is 1540. The van der Waals surface area contributed by atoms with Crippen LogP contribution in [0.1, 0.15) is 64.6 Å². The molecule has 5 rings (SSSR count). The van der Waals surface area contributed by atoms with Crippen molar-refractivity contribution in [2.75, 3.05) is 29.1 Å². The molecule has 3 heterocycles. The molecule has 2 aromatic heterocycles. The number of thiazole rings is 1. The number of hydrogen-bond acceptors (Lipinski definition) is 9. The molecule has 0 aliphatic carbocycles. The Labute approximate surface area is 253 Å². The highest BCUT2D eigenvalue weighted by Gasteiger charge is 2.24. The molecule has 11 heteroatoms. The molecule has 42 heavy (non-hydrogen) atoms. The van der Waals surface area contributed by atoms with Gasteiger partial charge in [0.25, 0.3) is 11.8 Å². The van der Waals surface area contributed by atoms with Crippen molar-refractivity contribution in [3.63, 3.8) is 0 Å². The molecular formula is C31H33N5O4S2. The molecule has 2 aromatic carbocycles. The van der Waals surface area contributed by atoms with E-state index in [4.69, 9.17) is 4.74 Å². The first kappa shape index (κ1) is 29.5. The molecule has 0 spiro atoms. The van der Waals surface area contributed by atoms with E-state index >= 15 is 0 Å². The maximum absolute atomic E-state index is 13.3. The van der Waals surface area contributed by atoms with Gasteiger partial charge in [0.15, 0.2) is 5.13 Å². The Morgan fingerprint density at radius 1 is 0.976 bits per heavy atom. The summed E-state index contributed by atoms with van der Waals surface area (Å²) >= 11 is 2.80. The predicted molar refractivity (Wildman–Crippen MR) is 168 cm³/mol. The molecule has 0 saturated carbocycles. The molecule has 218 valence electrons. The quantitative estimate of drug-likeness (QED) is 0.115. The van der Waals surface area contributed by atoms with E-state index in [9.17, 15) is 14.4 Å². The molecule has 1 aliphatic heterocycles. The van der Waals surface area contributed by atoms with Crippen LogP contribution < -0.4 is 14.9 Å². The zero-order valence-electron chi connectivity index (χ0n) is 23.4. The monoisotopic (exact) mass is 603 g/mol. The van der Waals surface area contributed by atoms with Crippen LogP contribution in [0.25, 0.3) is 10.2 Å². The number of rotatable bonds is 12. The van der Waals surface area contributed by atoms with Gasteiger partial charge in [-0.05, 0) is 67.6 Å². The van der Waals surface area contributed by atoms with Crippen LogP contribution in [-0.4, -0.2) is 46.7 Å². The van der Waals surface area contributed by atoms with Gasteiger partial charge in [-0.1, -0.05) is 60.0 Å². The minimum absolute atomic E-state index is 0.162. The van der Waals surface area contributed by atoms with Gasteiger partial charge in [-0.2, -0.15) is 0 Å². The Morgan fingerprint density at radius 2 is 1.83 bits per heavy atom. The number of nitrogens with zero attached hydrogens (tertiary/aromatic N) is 3. The second-order valence-electron chi connectivity index (χ2n) is 9.83. The molecule has 1 aliphatic rings. The third kappa shape index (κ3) is 7.46. The van der Waals surface area contributed by atoms with Crippen LogP contribution in [0.15, 0.2) is 60.7 Å². The number of esters is 1. The predicted octanol–water partition coefficient (Wildman–Crippen LogP) is 6.01. The minimum atomic E-state index is -0.248. The maximum Gasteiger partial charge on any atom is 0.305 e. The van der Waals surface area contributed by atoms with Crippen molar-refractivity contribution < 1.29 is 19.1 Å². The molecule has 0 radical (unpaired) electrons. The first-order valence-corrected chi connectivity index (χ1v) is 15.9. The Balaban J connectivity index is 1.17. The summed E-state index contributed by atoms with van der Waals surface area (Å²) in [5.74, 6) is 0.844. The van der Waals surface area contributed by atoms with E-state index in [1.807, 2.05) is 48.5 Å². The topological polar surface area (TPSA) is 114 Å². The van der Waals surface area contributed by atoms with Crippen molar-refractivity contribution in [3.05, 3.63) is 83.0 Å². The van der Waals surface area contributed by atoms with Gasteiger partial charge >= 0.3 is 5.97 Å². The Kier molecular flexibility index (Phi) is 10.0. The summed E-state index contributed by atoms with van der Waals surface area (Å²) in [5.41, 5.74) is 3.91. The smallest absolute Gasteiger partial charge is 0.305 e. The number of unbranched alkanes of at least 4 members (excludes halogenated alkanes) is 2. The van der Waals surface area contributed by atoms with Crippen LogP contribution in [0.3, 0.4) is 0 Å². The molecular weight excluding hydrogens is 571 g/mol. The molecule has 2 amide bonds. The molecule has 0 saturated heterocycles. The number of anilines is 2. The van der Waals surface area contributed by atoms with E-state index in [2.05, 4.69) is 31.0 Å². The lowest BCUT2D eigenvalue weighted by atomic mass is 9.94. The summed E-state index contributed by atoms with van der Waals surface area (Å²) in [5, 5.41) is 3.55. The summed E-state index contributed by atoms with van der Waals surface area (Å²) in [4.78, 5) is 48.8. The van der Waals surface area contributed by atoms with Crippen molar-refractivity contribution in [1.82, 2.24) is 14.7 Å². The molecule has 0 bridgehead atoms. The van der Waals surface area contributed by atoms with Gasteiger partial charge in [-0.3, -0.25) is 24.4 Å². The zero-order valence-corrected chi connectivity index (χ0v) is 25.1. The lowest BCUT2D eigenvalue weighted by molar-refractivity contribution is -0.143. The van der Waals surface area contributed by atoms with Gasteiger partial charge in [0.05, 0.1) is 16.8 Å². The van der Waals surface area contributed by atoms with Crippen molar-refractivity contribution in [2.24, 2.45) is 0 Å². The lowest BCUT2D eigenvalue weighted by Gasteiger charge is -2.31. The fraction of sp³-hybridized carbons (Fsp3) is 0.323. The van der Waals surface area contributed by atoms with E-state index in [0.29, 0.717) is 41.8 Å². The second-order valence-corrected chi connectivity index (χ2v) is 11.8. The normalized spacial score (nSPS) is 12.5. The minimum Gasteiger partial charge on any atom is -0.466 e. The molecule has 0 fully saturated rings. The first-order chi connectivity index (χ1) is 20.5. The van der Waals surface area contributed by atoms with Crippen molar-refractivity contribution in [2.45, 2.75) is 45.6 Å². The summed E-state index contributed by atoms with van der Waals surface area (Å²) in [6.45, 7) is 3.45. The second kappa shape index (κ2) is 14.3. The number of nitrogens with one attached hydrogen (secondary N) is 2. The van der Waals surface area contributed by atoms with E-state index in [-0.39, 0.29) is 17.8 Å². The highest BCUT2D eigenvalue weighted by Crippen LogP contribution is 2.29. The SMILES string of the molecule is CCOC(=O)CCCCCSNC(=O)c1cccc(N2CCc3cccc(C(=O)Nc4nc5ccccc5s4)c3C2)n1. The number of fused-ring (bicyclic) bond motifs is 2. The summed E-state index contributed by atoms with van der Waals surface area (Å²) < 4.78 is 8.83. The average Bonchev–Trinajstić information content (AvgIpc) is 3.42. The summed E-state index contributed by atoms with van der Waals surface area (Å²) in [6.07, 6.45) is 3.76. The maximum atomic E-state index is 13.3. The van der Waals surface area contributed by atoms with Crippen LogP contribution >= 0.6 is 23.3 Å². The number of amides is 2. The Morgan fingerprint density at radius 3 is 2.69 bits per heavy atom. The first-order valence-electron chi connectivity index (χ1n) is 14.1. The number of carbonyl (C=O) groups is 3. The summed E-state index contributed by atoms with van der Waals surface area (Å²) in [6, 6.07) is 19.1. The number of aromatic nitrogens is 2. The highest BCUT2D eigenvalue weighted by molar-refractivity contribution is 7.97. The number of para-hydroxylation sites is 1. The fourth-order valence-corrected chi connectivity index (χ4v) is 6.37. The number of pyridine rings is 1. The number of ether oxygens (including phenoxy) is 1. The van der Waals surface area contributed by atoms with Gasteiger partial charge in [0, 0.05) is 30.8 Å². The molecule has 9 nitrogen and oxygen atoms in total. The Hall–Kier alpha value is -3.96. The lowest BCUT2D eigenvalue weighted by Crippen LogP contribution is -2.33. The van der Waals surface area contributed by atoms with E-state index < -0.39 is 0 Å². The highest BCUT2D eigenvalue weighted by atomic mass is 32.2. The van der Waals surface area contributed by atoms with Gasteiger partial charge in [0.2, 0.25) is 0 Å². The number of hydrogen-bond donors (Lipinski definition) is 2. The average molecular weight is 604 g/mol. The zero-order chi connectivity index (χ0) is 29.3. The van der Waals surface area contributed by atoms with E-state index in [1.54, 1.807) is 13.0 Å². The largest absolute Gasteiger partial charge is 0.466 e. The van der Waals surface area contributed by atoms with E-state index in [1.165, 1.54) is 23.3 Å². The van der Waals surface area contributed by atoms with Crippen LogP contribution in [-0.2, 0) is 22.5 Å². The third-order valence-corrected chi connectivity index (χ3v) is 8.69. The third-order valence-electron chi connectivity index (χ3n) is 6.92. The van der Waals surface area contributed by atoms with Gasteiger partial charge in [-0.25, -0.2) is 9.97 Å². The molecule has 0 atom stereocenters. The van der Waals surface area contributed by atoms with Crippen LogP contribution in [0.5, 0.6) is 0 Å². The van der Waals surface area contributed by atoms with Crippen LogP contribution in [0.2, 0.25) is 0 Å². The van der Waals surface area contributed by atoms with Gasteiger partial charge < -0.3 is 9.64 Å². The fourth-order valence-electron chi connectivity index (χ4n) is 4.83. The van der Waals surface area contributed by atoms with Crippen molar-refractivity contribution in [1.29, 1.82) is 0 Å². The van der Waals surface area contributed by atoms with Crippen LogP contribution in [0.4, 0.5) is 10.9 Å². The molecule has 0 unspecified atom stereocenters. The number of carbonyl (C=O) groups excluding carboxylic acids is 3. The standard InChI is InChI=1S/C31H33N5O4S2/c1-2-40-28(37)16-4-3-7-19-41-35-30(39)25-13-9-15-27(32-25)36-18-17-21-10-8-11-22(23(21)20-36)29(38)34-31-33-24-12-5-6-14-26(24)42-31/h5-6,8-15H,2-4,7,16-20H2,1H3,(H,35,39)(H,33,34,38). The van der Waals surface area contributed by atoms with Crippen molar-refractivity contribution in [3.8, 4) is 0 Å². The van der Waals surface area contributed by atoms with Crippen LogP contribution in [0, 0.1) is 0 Å². The van der Waals surface area contributed by atoms with Gasteiger partial charge in [0.1, 0.15) is 11.5 Å². The molecule has 4 aromatic rings. The van der Waals surface area contributed by atoms with Gasteiger partial charge in [-0.15, -0.1) is 0 Å². The summed E-state index contributed by atoms with van der Waals surface area (Å²) in [7, 11) is 0. The van der Waals surface area contributed by atoms with Crippen molar-refractivity contribution >= 4 is 62.2 Å². The van der Waals surface area contributed by atoms with E-state index in [0.717, 1.165) is 59.3 Å².